The minimum absolute atomic E-state index is 0.0569. The van der Waals surface area contributed by atoms with Crippen LogP contribution in [0, 0.1) is 13.8 Å². The fourth-order valence-electron chi connectivity index (χ4n) is 3.51. The van der Waals surface area contributed by atoms with E-state index < -0.39 is 0 Å². The molecular formula is C21H21N3O. The molecule has 0 unspecified atom stereocenters. The topological polar surface area (TPSA) is 48.1 Å². The second-order valence-electron chi connectivity index (χ2n) is 6.54. The molecule has 0 saturated carbocycles. The molecule has 1 aliphatic rings. The van der Waals surface area contributed by atoms with Crippen molar-refractivity contribution in [1.82, 2.24) is 9.88 Å². The van der Waals surface area contributed by atoms with E-state index in [0.29, 0.717) is 6.54 Å². The van der Waals surface area contributed by atoms with Gasteiger partial charge in [-0.15, -0.1) is 0 Å². The molecule has 1 amide bonds. The van der Waals surface area contributed by atoms with Crippen molar-refractivity contribution in [3.05, 3.63) is 88.7 Å². The number of benzene rings is 2. The van der Waals surface area contributed by atoms with Crippen LogP contribution in [0.2, 0.25) is 0 Å². The Morgan fingerprint density at radius 2 is 1.72 bits per heavy atom. The summed E-state index contributed by atoms with van der Waals surface area (Å²) in [6.07, 6.45) is -0.187. The predicted octanol–water partition coefficient (Wildman–Crippen LogP) is 4.40. The zero-order chi connectivity index (χ0) is 17.4. The molecule has 0 radical (unpaired) electrons. The summed E-state index contributed by atoms with van der Waals surface area (Å²) in [5, 5.41) is 3.55. The summed E-state index contributed by atoms with van der Waals surface area (Å²) in [6, 6.07) is 19.9. The van der Waals surface area contributed by atoms with Gasteiger partial charge < -0.3 is 15.2 Å². The number of carbonyl (C=O) groups is 1. The van der Waals surface area contributed by atoms with Crippen molar-refractivity contribution in [2.45, 2.75) is 26.6 Å². The summed E-state index contributed by atoms with van der Waals surface area (Å²) in [5.41, 5.74) is 6.02. The third-order valence-electron chi connectivity index (χ3n) is 4.70. The highest BCUT2D eigenvalue weighted by Gasteiger charge is 2.34. The maximum Gasteiger partial charge on any atom is 0.258 e. The lowest BCUT2D eigenvalue weighted by Gasteiger charge is -2.38. The standard InChI is InChI=1S/C21H21N3O/c1-14-12-18(15(2)22-14)20-23-19-11-7-6-10-17(19)21(25)24(20)13-16-8-4-3-5-9-16/h3-12,20,22-23H,13H2,1-2H3/t20-/m1/s1. The van der Waals surface area contributed by atoms with Crippen LogP contribution in [0.3, 0.4) is 0 Å². The van der Waals surface area contributed by atoms with Gasteiger partial charge in [0.05, 0.1) is 5.56 Å². The van der Waals surface area contributed by atoms with Crippen LogP contribution in [0.25, 0.3) is 0 Å². The first-order valence-electron chi connectivity index (χ1n) is 8.50. The van der Waals surface area contributed by atoms with Gasteiger partial charge in [-0.2, -0.15) is 0 Å². The number of aryl methyl sites for hydroxylation is 2. The minimum atomic E-state index is -0.187. The summed E-state index contributed by atoms with van der Waals surface area (Å²) >= 11 is 0. The number of hydrogen-bond donors (Lipinski definition) is 2. The number of nitrogens with zero attached hydrogens (tertiary/aromatic N) is 1. The van der Waals surface area contributed by atoms with E-state index in [1.165, 1.54) is 0 Å². The third-order valence-corrected chi connectivity index (χ3v) is 4.70. The quantitative estimate of drug-likeness (QED) is 0.747. The van der Waals surface area contributed by atoms with Crippen LogP contribution < -0.4 is 5.32 Å². The molecule has 0 saturated heterocycles. The van der Waals surface area contributed by atoms with E-state index in [9.17, 15) is 4.79 Å². The molecule has 2 heterocycles. The van der Waals surface area contributed by atoms with Gasteiger partial charge in [-0.3, -0.25) is 4.79 Å². The molecular weight excluding hydrogens is 310 g/mol. The molecule has 25 heavy (non-hydrogen) atoms. The number of carbonyl (C=O) groups excluding carboxylic acids is 1. The Bertz CT molecular complexity index is 914. The Morgan fingerprint density at radius 1 is 1.00 bits per heavy atom. The van der Waals surface area contributed by atoms with Crippen molar-refractivity contribution in [3.63, 3.8) is 0 Å². The van der Waals surface area contributed by atoms with Crippen molar-refractivity contribution in [2.75, 3.05) is 5.32 Å². The maximum absolute atomic E-state index is 13.2. The Balaban J connectivity index is 1.78. The number of para-hydroxylation sites is 1. The number of hydrogen-bond acceptors (Lipinski definition) is 2. The highest BCUT2D eigenvalue weighted by Crippen LogP contribution is 2.35. The average molecular weight is 331 g/mol. The molecule has 4 nitrogen and oxygen atoms in total. The second-order valence-corrected chi connectivity index (χ2v) is 6.54. The molecule has 126 valence electrons. The maximum atomic E-state index is 13.2. The summed E-state index contributed by atoms with van der Waals surface area (Å²) in [7, 11) is 0. The smallest absolute Gasteiger partial charge is 0.258 e. The lowest BCUT2D eigenvalue weighted by Crippen LogP contribution is -2.42. The molecule has 0 spiro atoms. The van der Waals surface area contributed by atoms with Crippen molar-refractivity contribution < 1.29 is 4.79 Å². The highest BCUT2D eigenvalue weighted by atomic mass is 16.2. The number of aromatic amines is 1. The van der Waals surface area contributed by atoms with Gasteiger partial charge in [-0.25, -0.2) is 0 Å². The molecule has 0 fully saturated rings. The Labute approximate surface area is 147 Å². The van der Waals surface area contributed by atoms with Crippen LogP contribution in [0.4, 0.5) is 5.69 Å². The molecule has 0 bridgehead atoms. The van der Waals surface area contributed by atoms with Crippen LogP contribution in [-0.2, 0) is 6.54 Å². The first kappa shape index (κ1) is 15.5. The van der Waals surface area contributed by atoms with Gasteiger partial charge >= 0.3 is 0 Å². The number of rotatable bonds is 3. The zero-order valence-corrected chi connectivity index (χ0v) is 14.4. The first-order valence-corrected chi connectivity index (χ1v) is 8.50. The van der Waals surface area contributed by atoms with Gasteiger partial charge in [-0.1, -0.05) is 42.5 Å². The Hall–Kier alpha value is -3.01. The predicted molar refractivity (Wildman–Crippen MR) is 99.4 cm³/mol. The van der Waals surface area contributed by atoms with E-state index in [4.69, 9.17) is 0 Å². The van der Waals surface area contributed by atoms with Gasteiger partial charge in [0.2, 0.25) is 0 Å². The summed E-state index contributed by atoms with van der Waals surface area (Å²) in [6.45, 7) is 4.65. The van der Waals surface area contributed by atoms with Gasteiger partial charge in [0, 0.05) is 29.2 Å². The van der Waals surface area contributed by atoms with Crippen molar-refractivity contribution in [2.24, 2.45) is 0 Å². The summed E-state index contributed by atoms with van der Waals surface area (Å²) in [5.74, 6) is 0.0569. The highest BCUT2D eigenvalue weighted by molar-refractivity contribution is 6.01. The number of anilines is 1. The van der Waals surface area contributed by atoms with Crippen molar-refractivity contribution >= 4 is 11.6 Å². The van der Waals surface area contributed by atoms with E-state index in [1.54, 1.807) is 0 Å². The van der Waals surface area contributed by atoms with Crippen LogP contribution in [0.15, 0.2) is 60.7 Å². The van der Waals surface area contributed by atoms with Gasteiger partial charge in [0.1, 0.15) is 6.17 Å². The van der Waals surface area contributed by atoms with E-state index in [-0.39, 0.29) is 12.1 Å². The third kappa shape index (κ3) is 2.80. The number of nitrogens with one attached hydrogen (secondary N) is 2. The SMILES string of the molecule is Cc1cc([C@@H]2Nc3ccccc3C(=O)N2Cc2ccccc2)c(C)[nH]1. The largest absolute Gasteiger partial charge is 0.362 e. The van der Waals surface area contributed by atoms with Crippen LogP contribution in [-0.4, -0.2) is 15.8 Å². The molecule has 2 aromatic carbocycles. The zero-order valence-electron chi connectivity index (χ0n) is 14.4. The monoisotopic (exact) mass is 331 g/mol. The van der Waals surface area contributed by atoms with E-state index >= 15 is 0 Å². The first-order chi connectivity index (χ1) is 12.1. The normalized spacial score (nSPS) is 16.5. The molecule has 0 aliphatic carbocycles. The number of H-pyrrole nitrogens is 1. The fraction of sp³-hybridized carbons (Fsp3) is 0.190. The summed E-state index contributed by atoms with van der Waals surface area (Å²) in [4.78, 5) is 18.5. The second kappa shape index (κ2) is 6.13. The molecule has 1 aromatic heterocycles. The lowest BCUT2D eigenvalue weighted by atomic mass is 10.0. The van der Waals surface area contributed by atoms with Gasteiger partial charge in [0.25, 0.3) is 5.91 Å². The van der Waals surface area contributed by atoms with Crippen LogP contribution >= 0.6 is 0 Å². The molecule has 2 N–H and O–H groups in total. The molecule has 4 rings (SSSR count). The molecule has 4 heteroatoms. The molecule has 1 aliphatic heterocycles. The van der Waals surface area contributed by atoms with E-state index in [2.05, 4.69) is 35.4 Å². The van der Waals surface area contributed by atoms with Crippen LogP contribution in [0.1, 0.15) is 39.0 Å². The van der Waals surface area contributed by atoms with Crippen molar-refractivity contribution in [1.29, 1.82) is 0 Å². The number of aromatic nitrogens is 1. The van der Waals surface area contributed by atoms with E-state index in [1.807, 2.05) is 54.3 Å². The van der Waals surface area contributed by atoms with Gasteiger partial charge in [-0.05, 0) is 37.6 Å². The van der Waals surface area contributed by atoms with Gasteiger partial charge in [0.15, 0.2) is 0 Å². The average Bonchev–Trinajstić information content (AvgIpc) is 2.96. The lowest BCUT2D eigenvalue weighted by molar-refractivity contribution is 0.0666. The minimum Gasteiger partial charge on any atom is -0.362 e. The summed E-state index contributed by atoms with van der Waals surface area (Å²) < 4.78 is 0. The fourth-order valence-corrected chi connectivity index (χ4v) is 3.51. The molecule has 1 atom stereocenters. The number of amides is 1. The van der Waals surface area contributed by atoms with Crippen LogP contribution in [0.5, 0.6) is 0 Å². The molecule has 3 aromatic rings. The number of fused-ring (bicyclic) bond motifs is 1. The Kier molecular flexibility index (Phi) is 3.80. The van der Waals surface area contributed by atoms with Crippen molar-refractivity contribution in [3.8, 4) is 0 Å². The van der Waals surface area contributed by atoms with E-state index in [0.717, 1.165) is 33.8 Å². The Morgan fingerprint density at radius 3 is 2.44 bits per heavy atom.